The van der Waals surface area contributed by atoms with Crippen LogP contribution in [0.15, 0.2) is 48.7 Å². The molecule has 1 aromatic heterocycles. The molecular weight excluding hydrogens is 394 g/mol. The van der Waals surface area contributed by atoms with E-state index in [1.165, 1.54) is 34.0 Å². The number of likely N-dealkylation sites (tertiary alicyclic amines) is 1. The molecule has 2 aliphatic rings. The highest BCUT2D eigenvalue weighted by Gasteiger charge is 2.39. The minimum atomic E-state index is 0.0295. The zero-order valence-corrected chi connectivity index (χ0v) is 19.7. The lowest BCUT2D eigenvalue weighted by Gasteiger charge is -2.46. The van der Waals surface area contributed by atoms with Crippen LogP contribution in [0.5, 0.6) is 0 Å². The predicted octanol–water partition coefficient (Wildman–Crippen LogP) is 5.25. The van der Waals surface area contributed by atoms with Gasteiger partial charge in [-0.3, -0.25) is 4.79 Å². The number of fused-ring (bicyclic) bond motifs is 2. The SMILES string of the molecule is CN1C[C@H](CCNC(=O)c2ccccc2)CC2c3cc(C(C)(C)C)cc4[nH]cc(c34)C[C@H]21. The second-order valence-electron chi connectivity index (χ2n) is 10.9. The molecule has 1 amide bonds. The van der Waals surface area contributed by atoms with Crippen LogP contribution in [-0.4, -0.2) is 42.0 Å². The maximum atomic E-state index is 12.4. The molecule has 168 valence electrons. The Labute approximate surface area is 191 Å². The predicted molar refractivity (Wildman–Crippen MR) is 131 cm³/mol. The lowest BCUT2D eigenvalue weighted by Crippen LogP contribution is -2.48. The fourth-order valence-electron chi connectivity index (χ4n) is 5.85. The maximum absolute atomic E-state index is 12.4. The first-order chi connectivity index (χ1) is 15.3. The van der Waals surface area contributed by atoms with E-state index in [1.54, 1.807) is 0 Å². The number of hydrogen-bond donors (Lipinski definition) is 2. The van der Waals surface area contributed by atoms with Crippen LogP contribution in [0, 0.1) is 5.92 Å². The van der Waals surface area contributed by atoms with Gasteiger partial charge in [0.05, 0.1) is 0 Å². The molecule has 0 radical (unpaired) electrons. The Hall–Kier alpha value is -2.59. The van der Waals surface area contributed by atoms with Crippen LogP contribution in [0.1, 0.15) is 66.6 Å². The number of H-pyrrole nitrogens is 1. The van der Waals surface area contributed by atoms with Gasteiger partial charge in [0.2, 0.25) is 0 Å². The van der Waals surface area contributed by atoms with E-state index in [4.69, 9.17) is 0 Å². The number of carbonyl (C=O) groups is 1. The van der Waals surface area contributed by atoms with Crippen molar-refractivity contribution in [2.45, 2.75) is 57.4 Å². The van der Waals surface area contributed by atoms with Crippen molar-refractivity contribution in [3.8, 4) is 0 Å². The average Bonchev–Trinajstić information content (AvgIpc) is 3.18. The summed E-state index contributed by atoms with van der Waals surface area (Å²) in [6.45, 7) is 8.74. The summed E-state index contributed by atoms with van der Waals surface area (Å²) in [6.07, 6.45) is 5.58. The number of hydrogen-bond acceptors (Lipinski definition) is 2. The summed E-state index contributed by atoms with van der Waals surface area (Å²) in [7, 11) is 2.29. The molecule has 0 saturated carbocycles. The molecule has 2 aromatic carbocycles. The van der Waals surface area contributed by atoms with Crippen molar-refractivity contribution in [2.75, 3.05) is 20.1 Å². The summed E-state index contributed by atoms with van der Waals surface area (Å²) in [5, 5.41) is 4.59. The number of benzene rings is 2. The molecule has 1 aliphatic heterocycles. The Kier molecular flexibility index (Phi) is 5.37. The van der Waals surface area contributed by atoms with Crippen molar-refractivity contribution in [1.82, 2.24) is 15.2 Å². The average molecular weight is 430 g/mol. The Morgan fingerprint density at radius 3 is 2.72 bits per heavy atom. The number of nitrogens with one attached hydrogen (secondary N) is 2. The largest absolute Gasteiger partial charge is 0.361 e. The number of rotatable bonds is 4. The van der Waals surface area contributed by atoms with Crippen molar-refractivity contribution in [2.24, 2.45) is 5.92 Å². The summed E-state index contributed by atoms with van der Waals surface area (Å²) in [5.74, 6) is 1.17. The Morgan fingerprint density at radius 1 is 1.19 bits per heavy atom. The monoisotopic (exact) mass is 429 g/mol. The third kappa shape index (κ3) is 3.86. The first-order valence-electron chi connectivity index (χ1n) is 12.0. The van der Waals surface area contributed by atoms with E-state index in [0.29, 0.717) is 17.9 Å². The van der Waals surface area contributed by atoms with Crippen LogP contribution in [0.25, 0.3) is 10.9 Å². The first-order valence-corrected chi connectivity index (χ1v) is 12.0. The standard InChI is InChI=1S/C28H35N3O/c1-28(2,3)21-14-23-22-12-18(10-11-29-27(32)19-8-6-5-7-9-19)17-31(4)25(22)13-20-16-30-24(15-21)26(20)23/h5-9,14-16,18,22,25,30H,10-13,17H2,1-4H3,(H,29,32)/t18-,22?,25-/m1/s1. The highest BCUT2D eigenvalue weighted by atomic mass is 16.1. The number of amides is 1. The molecule has 3 aromatic rings. The van der Waals surface area contributed by atoms with E-state index in [1.807, 2.05) is 30.3 Å². The second-order valence-corrected chi connectivity index (χ2v) is 10.9. The van der Waals surface area contributed by atoms with E-state index < -0.39 is 0 Å². The molecule has 5 rings (SSSR count). The molecule has 1 aliphatic carbocycles. The number of likely N-dealkylation sites (N-methyl/N-ethyl adjacent to an activating group) is 1. The van der Waals surface area contributed by atoms with Gasteiger partial charge < -0.3 is 15.2 Å². The Balaban J connectivity index is 1.35. The highest BCUT2D eigenvalue weighted by Crippen LogP contribution is 2.46. The van der Waals surface area contributed by atoms with Crippen LogP contribution in [-0.2, 0) is 11.8 Å². The third-order valence-electron chi connectivity index (χ3n) is 7.62. The molecule has 32 heavy (non-hydrogen) atoms. The maximum Gasteiger partial charge on any atom is 0.251 e. The molecule has 0 bridgehead atoms. The van der Waals surface area contributed by atoms with Crippen LogP contribution in [0.3, 0.4) is 0 Å². The van der Waals surface area contributed by atoms with Gasteiger partial charge in [0.15, 0.2) is 0 Å². The molecule has 1 unspecified atom stereocenters. The van der Waals surface area contributed by atoms with Crippen molar-refractivity contribution in [3.05, 3.63) is 70.9 Å². The molecule has 2 N–H and O–H groups in total. The molecule has 4 heteroatoms. The molecule has 3 atom stereocenters. The number of aromatic nitrogens is 1. The number of nitrogens with zero attached hydrogens (tertiary/aromatic N) is 1. The fourth-order valence-corrected chi connectivity index (χ4v) is 5.85. The van der Waals surface area contributed by atoms with Gasteiger partial charge in [-0.05, 0) is 72.5 Å². The summed E-state index contributed by atoms with van der Waals surface area (Å²) in [4.78, 5) is 18.6. The zero-order chi connectivity index (χ0) is 22.5. The fraction of sp³-hybridized carbons (Fsp3) is 0.464. The Bertz CT molecular complexity index is 1120. The quantitative estimate of drug-likeness (QED) is 0.595. The van der Waals surface area contributed by atoms with Crippen LogP contribution < -0.4 is 5.32 Å². The van der Waals surface area contributed by atoms with E-state index in [9.17, 15) is 4.79 Å². The summed E-state index contributed by atoms with van der Waals surface area (Å²) < 4.78 is 0. The summed E-state index contributed by atoms with van der Waals surface area (Å²) in [5.41, 5.74) is 6.57. The molecule has 1 saturated heterocycles. The number of piperidine rings is 1. The van der Waals surface area contributed by atoms with Gasteiger partial charge in [-0.2, -0.15) is 0 Å². The molecule has 1 fully saturated rings. The van der Waals surface area contributed by atoms with Crippen LogP contribution in [0.4, 0.5) is 0 Å². The first kappa shape index (κ1) is 21.3. The van der Waals surface area contributed by atoms with Crippen LogP contribution >= 0.6 is 0 Å². The normalized spacial score (nSPS) is 23.2. The lowest BCUT2D eigenvalue weighted by atomic mass is 9.70. The molecule has 2 heterocycles. The molecule has 4 nitrogen and oxygen atoms in total. The van der Waals surface area contributed by atoms with E-state index in [2.05, 4.69) is 61.3 Å². The van der Waals surface area contributed by atoms with Gasteiger partial charge >= 0.3 is 0 Å². The van der Waals surface area contributed by atoms with E-state index >= 15 is 0 Å². The van der Waals surface area contributed by atoms with Crippen molar-refractivity contribution in [3.63, 3.8) is 0 Å². The van der Waals surface area contributed by atoms with E-state index in [0.717, 1.165) is 31.5 Å². The Morgan fingerprint density at radius 2 is 1.97 bits per heavy atom. The van der Waals surface area contributed by atoms with Crippen LogP contribution in [0.2, 0.25) is 0 Å². The topological polar surface area (TPSA) is 48.1 Å². The van der Waals surface area contributed by atoms with Gasteiger partial charge in [0.1, 0.15) is 0 Å². The van der Waals surface area contributed by atoms with Gasteiger partial charge in [-0.15, -0.1) is 0 Å². The summed E-state index contributed by atoms with van der Waals surface area (Å²) >= 11 is 0. The van der Waals surface area contributed by atoms with Gasteiger partial charge in [-0.1, -0.05) is 45.0 Å². The van der Waals surface area contributed by atoms with Crippen molar-refractivity contribution < 1.29 is 4.79 Å². The smallest absolute Gasteiger partial charge is 0.251 e. The molecule has 0 spiro atoms. The van der Waals surface area contributed by atoms with Crippen molar-refractivity contribution in [1.29, 1.82) is 0 Å². The van der Waals surface area contributed by atoms with Crippen molar-refractivity contribution >= 4 is 16.8 Å². The van der Waals surface area contributed by atoms with Gasteiger partial charge in [0, 0.05) is 47.7 Å². The second kappa shape index (κ2) is 8.08. The van der Waals surface area contributed by atoms with Gasteiger partial charge in [-0.25, -0.2) is 0 Å². The minimum Gasteiger partial charge on any atom is -0.361 e. The summed E-state index contributed by atoms with van der Waals surface area (Å²) in [6, 6.07) is 14.9. The lowest BCUT2D eigenvalue weighted by molar-refractivity contribution is 0.0926. The minimum absolute atomic E-state index is 0.0295. The zero-order valence-electron chi connectivity index (χ0n) is 19.7. The number of aromatic amines is 1. The molecular formula is C28H35N3O. The van der Waals surface area contributed by atoms with E-state index in [-0.39, 0.29) is 11.3 Å². The van der Waals surface area contributed by atoms with Gasteiger partial charge in [0.25, 0.3) is 5.91 Å². The number of carbonyl (C=O) groups excluding carboxylic acids is 1. The highest BCUT2D eigenvalue weighted by molar-refractivity contribution is 5.94. The third-order valence-corrected chi connectivity index (χ3v) is 7.62.